The van der Waals surface area contributed by atoms with Crippen molar-refractivity contribution in [2.24, 2.45) is 0 Å². The molecule has 0 saturated heterocycles. The predicted molar refractivity (Wildman–Crippen MR) is 86.0 cm³/mol. The fraction of sp³-hybridized carbons (Fsp3) is 0.0769. The lowest BCUT2D eigenvalue weighted by molar-refractivity contribution is 0.464. The Morgan fingerprint density at radius 1 is 1.30 bits per heavy atom. The molecule has 0 unspecified atom stereocenters. The van der Waals surface area contributed by atoms with Gasteiger partial charge >= 0.3 is 7.05 Å². The molecule has 0 aliphatic carbocycles. The molecule has 0 atom stereocenters. The lowest BCUT2D eigenvalue weighted by atomic mass is 9.89. The highest BCUT2D eigenvalue weighted by atomic mass is 127. The summed E-state index contributed by atoms with van der Waals surface area (Å²) in [5, 5.41) is 14.9. The summed E-state index contributed by atoms with van der Waals surface area (Å²) in [4.78, 5) is 4.27. The first kappa shape index (κ1) is 13.4. The molecule has 2 aromatic heterocycles. The van der Waals surface area contributed by atoms with Crippen LogP contribution in [0.1, 0.15) is 0 Å². The van der Waals surface area contributed by atoms with Gasteiger partial charge in [-0.3, -0.25) is 4.59 Å². The third-order valence-electron chi connectivity index (χ3n) is 2.84. The summed E-state index contributed by atoms with van der Waals surface area (Å²) in [6.45, 7) is 1.67. The van der Waals surface area contributed by atoms with E-state index in [4.69, 9.17) is 4.74 Å². The van der Waals surface area contributed by atoms with Crippen LogP contribution in [0.3, 0.4) is 0 Å². The molecule has 20 heavy (non-hydrogen) atoms. The van der Waals surface area contributed by atoms with Gasteiger partial charge in [0.1, 0.15) is 9.45 Å². The smallest absolute Gasteiger partial charge is 0.431 e. The number of para-hydroxylation sites is 1. The average Bonchev–Trinajstić information content (AvgIpc) is 2.77. The van der Waals surface area contributed by atoms with E-state index in [2.05, 4.69) is 32.7 Å². The lowest BCUT2D eigenvalue weighted by Gasteiger charge is -2.06. The molecule has 0 aliphatic heterocycles. The van der Waals surface area contributed by atoms with E-state index >= 15 is 0 Å². The normalized spacial score (nSPS) is 10.8. The molecule has 7 heteroatoms. The fourth-order valence-electron chi connectivity index (χ4n) is 1.93. The Labute approximate surface area is 129 Å². The summed E-state index contributed by atoms with van der Waals surface area (Å²) in [7, 11) is -0.701. The summed E-state index contributed by atoms with van der Waals surface area (Å²) in [6.07, 6.45) is 1.71. The third-order valence-corrected chi connectivity index (χ3v) is 3.64. The molecule has 1 N–H and O–H groups in total. The van der Waals surface area contributed by atoms with E-state index in [1.807, 2.05) is 30.3 Å². The van der Waals surface area contributed by atoms with Crippen LogP contribution < -0.4 is 4.74 Å². The second-order valence-electron chi connectivity index (χ2n) is 4.32. The van der Waals surface area contributed by atoms with Crippen LogP contribution in [0.2, 0.25) is 6.82 Å². The van der Waals surface area contributed by atoms with E-state index < -0.39 is 7.05 Å². The van der Waals surface area contributed by atoms with E-state index in [-0.39, 0.29) is 0 Å². The minimum atomic E-state index is -0.701. The minimum Gasteiger partial charge on any atom is -0.439 e. The van der Waals surface area contributed by atoms with E-state index in [0.29, 0.717) is 5.88 Å². The van der Waals surface area contributed by atoms with Gasteiger partial charge in [0.25, 0.3) is 0 Å². The Kier molecular flexibility index (Phi) is 3.62. The number of benzene rings is 1. The van der Waals surface area contributed by atoms with Crippen LogP contribution in [0.4, 0.5) is 0 Å². The van der Waals surface area contributed by atoms with Crippen LogP contribution in [0.15, 0.2) is 42.6 Å². The first-order valence-electron chi connectivity index (χ1n) is 6.10. The minimum absolute atomic E-state index is 0.474. The highest BCUT2D eigenvalue weighted by Gasteiger charge is 2.16. The maximum Gasteiger partial charge on any atom is 0.431 e. The topological polar surface area (TPSA) is 60.2 Å². The quantitative estimate of drug-likeness (QED) is 0.562. The zero-order chi connectivity index (χ0) is 14.1. The number of fused-ring (bicyclic) bond motifs is 1. The Morgan fingerprint density at radius 3 is 2.75 bits per heavy atom. The molecule has 0 amide bonds. The molecule has 100 valence electrons. The monoisotopic (exact) mass is 379 g/mol. The Balaban J connectivity index is 2.03. The van der Waals surface area contributed by atoms with E-state index in [0.717, 1.165) is 20.4 Å². The summed E-state index contributed by atoms with van der Waals surface area (Å²) < 4.78 is 8.05. The highest BCUT2D eigenvalue weighted by Crippen LogP contribution is 2.25. The number of pyridine rings is 1. The fourth-order valence-corrected chi connectivity index (χ4v) is 2.58. The van der Waals surface area contributed by atoms with E-state index in [1.54, 1.807) is 23.7 Å². The summed E-state index contributed by atoms with van der Waals surface area (Å²) in [5.41, 5.74) is 0.797. The van der Waals surface area contributed by atoms with Crippen molar-refractivity contribution in [3.05, 3.63) is 46.3 Å². The third kappa shape index (κ3) is 2.50. The van der Waals surface area contributed by atoms with Crippen LogP contribution in [-0.2, 0) is 0 Å². The number of ether oxygens (including phenoxy) is 1. The van der Waals surface area contributed by atoms with Gasteiger partial charge in [0, 0.05) is 12.3 Å². The van der Waals surface area contributed by atoms with E-state index in [1.165, 1.54) is 0 Å². The summed E-state index contributed by atoms with van der Waals surface area (Å²) in [6, 6.07) is 11.2. The van der Waals surface area contributed by atoms with Crippen LogP contribution in [0, 0.1) is 3.70 Å². The number of hydrogen-bond donors (Lipinski definition) is 1. The molecule has 0 radical (unpaired) electrons. The molecular formula is C13H11BIN3O2. The van der Waals surface area contributed by atoms with Gasteiger partial charge < -0.3 is 9.76 Å². The van der Waals surface area contributed by atoms with Crippen molar-refractivity contribution >= 4 is 40.5 Å². The van der Waals surface area contributed by atoms with Crippen molar-refractivity contribution in [1.82, 2.24) is 14.7 Å². The van der Waals surface area contributed by atoms with Gasteiger partial charge in [0.2, 0.25) is 5.88 Å². The zero-order valence-electron chi connectivity index (χ0n) is 10.7. The maximum atomic E-state index is 9.75. The summed E-state index contributed by atoms with van der Waals surface area (Å²) in [5.74, 6) is 1.19. The predicted octanol–water partition coefficient (Wildman–Crippen LogP) is 2.79. The van der Waals surface area contributed by atoms with Crippen molar-refractivity contribution < 1.29 is 9.76 Å². The van der Waals surface area contributed by atoms with Crippen molar-refractivity contribution in [3.8, 4) is 11.6 Å². The second-order valence-corrected chi connectivity index (χ2v) is 5.34. The molecule has 0 aliphatic rings. The van der Waals surface area contributed by atoms with Gasteiger partial charge in [-0.05, 0) is 41.5 Å². The standard InChI is InChI=1S/C13H11BIN3O2/c1-14(19)18-11-7-12(16-8-10(11)13(15)17-18)20-9-5-3-2-4-6-9/h2-8,19H,1H3. The molecule has 3 aromatic rings. The van der Waals surface area contributed by atoms with Crippen LogP contribution in [-0.4, -0.2) is 26.7 Å². The molecule has 3 rings (SSSR count). The van der Waals surface area contributed by atoms with Gasteiger partial charge in [-0.15, -0.1) is 0 Å². The molecule has 1 aromatic carbocycles. The Morgan fingerprint density at radius 2 is 2.05 bits per heavy atom. The SMILES string of the molecule is CB(O)n1nc(I)c2cnc(Oc3ccccc3)cc21. The molecule has 0 bridgehead atoms. The average molecular weight is 379 g/mol. The van der Waals surface area contributed by atoms with Crippen molar-refractivity contribution in [2.45, 2.75) is 6.82 Å². The molecule has 5 nitrogen and oxygen atoms in total. The van der Waals surface area contributed by atoms with Gasteiger partial charge in [-0.2, -0.15) is 5.10 Å². The van der Waals surface area contributed by atoms with E-state index in [9.17, 15) is 5.02 Å². The molecule has 0 fully saturated rings. The van der Waals surface area contributed by atoms with Crippen LogP contribution in [0.5, 0.6) is 11.6 Å². The lowest BCUT2D eigenvalue weighted by Crippen LogP contribution is -2.20. The number of aromatic nitrogens is 3. The first-order valence-corrected chi connectivity index (χ1v) is 7.18. The van der Waals surface area contributed by atoms with Gasteiger partial charge in [-0.25, -0.2) is 4.98 Å². The van der Waals surface area contributed by atoms with Crippen molar-refractivity contribution in [2.75, 3.05) is 0 Å². The van der Waals surface area contributed by atoms with Crippen LogP contribution in [0.25, 0.3) is 10.9 Å². The van der Waals surface area contributed by atoms with Crippen molar-refractivity contribution in [3.63, 3.8) is 0 Å². The van der Waals surface area contributed by atoms with Gasteiger partial charge in [0.15, 0.2) is 0 Å². The number of halogens is 1. The Bertz CT molecular complexity index is 746. The molecule has 2 heterocycles. The Hall–Kier alpha value is -1.61. The zero-order valence-corrected chi connectivity index (χ0v) is 12.9. The van der Waals surface area contributed by atoms with Crippen molar-refractivity contribution in [1.29, 1.82) is 0 Å². The number of rotatable bonds is 3. The van der Waals surface area contributed by atoms with Gasteiger partial charge in [0.05, 0.1) is 10.9 Å². The molecule has 0 saturated carbocycles. The number of hydrogen-bond acceptors (Lipinski definition) is 4. The maximum absolute atomic E-state index is 9.75. The number of nitrogens with zero attached hydrogens (tertiary/aromatic N) is 3. The van der Waals surface area contributed by atoms with Crippen LogP contribution >= 0.6 is 22.6 Å². The van der Waals surface area contributed by atoms with Gasteiger partial charge in [-0.1, -0.05) is 18.2 Å². The molecule has 0 spiro atoms. The summed E-state index contributed by atoms with van der Waals surface area (Å²) >= 11 is 2.12. The second kappa shape index (κ2) is 5.41. The largest absolute Gasteiger partial charge is 0.439 e. The highest BCUT2D eigenvalue weighted by molar-refractivity contribution is 14.1. The molecular weight excluding hydrogens is 368 g/mol. The first-order chi connectivity index (χ1) is 9.65.